The number of halogens is 2. The Morgan fingerprint density at radius 2 is 1.13 bits per heavy atom. The Labute approximate surface area is 202 Å². The Hall–Kier alpha value is -1.23. The molecular formula is C23H24I2O5. The SMILES string of the molecule is O=C(C(CC1CC1)c1ccc(O)c(I)c1O)C(CC1CC1)c1ccc(O)c(I)c1O. The van der Waals surface area contributed by atoms with Crippen LogP contribution in [0.3, 0.4) is 0 Å². The number of carbonyl (C=O) groups excluding carboxylic acids is 1. The lowest BCUT2D eigenvalue weighted by Crippen LogP contribution is -2.23. The Balaban J connectivity index is 1.75. The molecule has 2 aromatic carbocycles. The maximum absolute atomic E-state index is 13.9. The van der Waals surface area contributed by atoms with Crippen LogP contribution in [0.1, 0.15) is 61.5 Å². The molecule has 2 aromatic rings. The second-order valence-corrected chi connectivity index (χ2v) is 10.7. The quantitative estimate of drug-likeness (QED) is 0.278. The second-order valence-electron chi connectivity index (χ2n) is 8.54. The summed E-state index contributed by atoms with van der Waals surface area (Å²) in [6.07, 6.45) is 5.63. The summed E-state index contributed by atoms with van der Waals surface area (Å²) in [6.45, 7) is 0. The van der Waals surface area contributed by atoms with E-state index in [0.717, 1.165) is 25.7 Å². The van der Waals surface area contributed by atoms with Gasteiger partial charge < -0.3 is 20.4 Å². The molecule has 2 unspecified atom stereocenters. The molecule has 2 fully saturated rings. The van der Waals surface area contributed by atoms with Crippen LogP contribution >= 0.6 is 45.2 Å². The van der Waals surface area contributed by atoms with Crippen LogP contribution in [0.25, 0.3) is 0 Å². The molecule has 2 aliphatic rings. The summed E-state index contributed by atoms with van der Waals surface area (Å²) in [5.74, 6) is -0.178. The number of rotatable bonds is 8. The van der Waals surface area contributed by atoms with Crippen molar-refractivity contribution in [2.75, 3.05) is 0 Å². The van der Waals surface area contributed by atoms with Crippen LogP contribution in [-0.2, 0) is 4.79 Å². The normalized spacial score (nSPS) is 18.2. The first-order chi connectivity index (χ1) is 14.3. The van der Waals surface area contributed by atoms with E-state index in [2.05, 4.69) is 0 Å². The van der Waals surface area contributed by atoms with E-state index in [9.17, 15) is 25.2 Å². The average molecular weight is 634 g/mol. The number of aromatic hydroxyl groups is 4. The lowest BCUT2D eigenvalue weighted by atomic mass is 9.78. The molecule has 2 saturated carbocycles. The first kappa shape index (κ1) is 22.0. The van der Waals surface area contributed by atoms with Crippen molar-refractivity contribution < 1.29 is 25.2 Å². The summed E-state index contributed by atoms with van der Waals surface area (Å²) in [5.41, 5.74) is 1.09. The van der Waals surface area contributed by atoms with E-state index >= 15 is 0 Å². The lowest BCUT2D eigenvalue weighted by molar-refractivity contribution is -0.122. The zero-order valence-corrected chi connectivity index (χ0v) is 20.6. The third kappa shape index (κ3) is 4.51. The van der Waals surface area contributed by atoms with E-state index in [1.807, 2.05) is 45.2 Å². The van der Waals surface area contributed by atoms with Gasteiger partial charge in [0, 0.05) is 23.0 Å². The summed E-state index contributed by atoms with van der Waals surface area (Å²) in [4.78, 5) is 13.9. The van der Waals surface area contributed by atoms with Gasteiger partial charge in [0.15, 0.2) is 0 Å². The van der Waals surface area contributed by atoms with Gasteiger partial charge in [-0.3, -0.25) is 4.79 Å². The van der Waals surface area contributed by atoms with Gasteiger partial charge >= 0.3 is 0 Å². The van der Waals surface area contributed by atoms with Crippen molar-refractivity contribution in [1.82, 2.24) is 0 Å². The monoisotopic (exact) mass is 634 g/mol. The third-order valence-corrected chi connectivity index (χ3v) is 8.35. The minimum Gasteiger partial charge on any atom is -0.507 e. The number of ketones is 1. The molecule has 30 heavy (non-hydrogen) atoms. The van der Waals surface area contributed by atoms with E-state index in [0.29, 0.717) is 42.9 Å². The van der Waals surface area contributed by atoms with E-state index in [1.54, 1.807) is 12.1 Å². The van der Waals surface area contributed by atoms with Crippen molar-refractivity contribution in [3.8, 4) is 23.0 Å². The maximum atomic E-state index is 13.9. The number of phenolic OH excluding ortho intramolecular Hbond substituents is 4. The van der Waals surface area contributed by atoms with Crippen LogP contribution in [-0.4, -0.2) is 26.2 Å². The highest BCUT2D eigenvalue weighted by molar-refractivity contribution is 14.1. The van der Waals surface area contributed by atoms with Gasteiger partial charge in [-0.15, -0.1) is 0 Å². The molecule has 5 nitrogen and oxygen atoms in total. The zero-order valence-electron chi connectivity index (χ0n) is 16.3. The predicted molar refractivity (Wildman–Crippen MR) is 130 cm³/mol. The number of Topliss-reactive ketones (excluding diaryl/α,β-unsaturated/α-hetero) is 1. The van der Waals surface area contributed by atoms with E-state index in [4.69, 9.17) is 0 Å². The Kier molecular flexibility index (Phi) is 6.39. The number of benzene rings is 2. The van der Waals surface area contributed by atoms with Gasteiger partial charge in [0.25, 0.3) is 0 Å². The van der Waals surface area contributed by atoms with Crippen LogP contribution in [0.4, 0.5) is 0 Å². The first-order valence-corrected chi connectivity index (χ1v) is 12.4. The van der Waals surface area contributed by atoms with Gasteiger partial charge in [-0.1, -0.05) is 37.8 Å². The molecule has 0 spiro atoms. The number of phenols is 4. The van der Waals surface area contributed by atoms with Crippen molar-refractivity contribution >= 4 is 51.0 Å². The van der Waals surface area contributed by atoms with E-state index in [-0.39, 0.29) is 28.8 Å². The molecule has 0 heterocycles. The van der Waals surface area contributed by atoms with Gasteiger partial charge in [-0.25, -0.2) is 0 Å². The van der Waals surface area contributed by atoms with Crippen LogP contribution < -0.4 is 0 Å². The molecule has 0 bridgehead atoms. The Morgan fingerprint density at radius 1 is 0.767 bits per heavy atom. The van der Waals surface area contributed by atoms with E-state index < -0.39 is 11.8 Å². The van der Waals surface area contributed by atoms with Crippen molar-refractivity contribution in [2.24, 2.45) is 11.8 Å². The molecule has 0 aliphatic heterocycles. The van der Waals surface area contributed by atoms with Gasteiger partial charge in [-0.2, -0.15) is 0 Å². The lowest BCUT2D eigenvalue weighted by Gasteiger charge is -2.25. The molecule has 0 radical (unpaired) electrons. The molecule has 4 N–H and O–H groups in total. The minimum absolute atomic E-state index is 0.00488. The molecule has 0 saturated heterocycles. The van der Waals surface area contributed by atoms with Crippen LogP contribution in [0, 0.1) is 19.0 Å². The minimum atomic E-state index is -0.499. The van der Waals surface area contributed by atoms with Crippen molar-refractivity contribution in [2.45, 2.75) is 50.4 Å². The zero-order chi connectivity index (χ0) is 21.6. The molecule has 2 aliphatic carbocycles. The fourth-order valence-corrected chi connectivity index (χ4v) is 5.09. The predicted octanol–water partition coefficient (Wildman–Crippen LogP) is 5.75. The molecular weight excluding hydrogens is 610 g/mol. The molecule has 2 atom stereocenters. The Morgan fingerprint density at radius 3 is 1.47 bits per heavy atom. The third-order valence-electron chi connectivity index (χ3n) is 6.22. The summed E-state index contributed by atoms with van der Waals surface area (Å²) in [7, 11) is 0. The van der Waals surface area contributed by atoms with Gasteiger partial charge in [0.05, 0.1) is 7.14 Å². The van der Waals surface area contributed by atoms with Gasteiger partial charge in [0.2, 0.25) is 0 Å². The van der Waals surface area contributed by atoms with Gasteiger partial charge in [-0.05, 0) is 82.0 Å². The Bertz CT molecular complexity index is 905. The van der Waals surface area contributed by atoms with E-state index in [1.165, 1.54) is 12.1 Å². The summed E-state index contributed by atoms with van der Waals surface area (Å²) in [6, 6.07) is 6.35. The summed E-state index contributed by atoms with van der Waals surface area (Å²) < 4.78 is 0.693. The highest BCUT2D eigenvalue weighted by Gasteiger charge is 2.39. The highest BCUT2D eigenvalue weighted by Crippen LogP contribution is 2.49. The molecule has 7 heteroatoms. The maximum Gasteiger partial charge on any atom is 0.148 e. The summed E-state index contributed by atoms with van der Waals surface area (Å²) in [5, 5.41) is 41.3. The van der Waals surface area contributed by atoms with Gasteiger partial charge in [0.1, 0.15) is 28.8 Å². The fourth-order valence-electron chi connectivity index (χ4n) is 4.11. The molecule has 0 amide bonds. The smallest absolute Gasteiger partial charge is 0.148 e. The number of hydrogen-bond acceptors (Lipinski definition) is 5. The highest BCUT2D eigenvalue weighted by atomic mass is 127. The average Bonchev–Trinajstić information content (AvgIpc) is 3.63. The van der Waals surface area contributed by atoms with Crippen molar-refractivity contribution in [3.05, 3.63) is 42.5 Å². The van der Waals surface area contributed by atoms with Crippen LogP contribution in [0.2, 0.25) is 0 Å². The van der Waals surface area contributed by atoms with Crippen molar-refractivity contribution in [3.63, 3.8) is 0 Å². The first-order valence-electron chi connectivity index (χ1n) is 10.2. The van der Waals surface area contributed by atoms with Crippen LogP contribution in [0.15, 0.2) is 24.3 Å². The summed E-state index contributed by atoms with van der Waals surface area (Å²) >= 11 is 3.79. The number of carbonyl (C=O) groups is 1. The fraction of sp³-hybridized carbons (Fsp3) is 0.435. The molecule has 4 rings (SSSR count). The second kappa shape index (κ2) is 8.72. The molecule has 160 valence electrons. The largest absolute Gasteiger partial charge is 0.507 e. The standard InChI is InChI=1S/C23H24I2O5/c24-19-17(26)7-5-13(22(19)29)15(9-11-1-2-11)21(28)16(10-12-3-4-12)14-6-8-18(27)20(25)23(14)30/h5-8,11-12,15-16,26-27,29-30H,1-4,9-10H2. The number of hydrogen-bond donors (Lipinski definition) is 4. The topological polar surface area (TPSA) is 98.0 Å². The van der Waals surface area contributed by atoms with Crippen LogP contribution in [0.5, 0.6) is 23.0 Å². The van der Waals surface area contributed by atoms with Crippen molar-refractivity contribution in [1.29, 1.82) is 0 Å². The molecule has 0 aromatic heterocycles.